The predicted octanol–water partition coefficient (Wildman–Crippen LogP) is 4.33. The van der Waals surface area contributed by atoms with E-state index < -0.39 is 11.7 Å². The van der Waals surface area contributed by atoms with Crippen molar-refractivity contribution in [2.75, 3.05) is 16.8 Å². The molecule has 5 nitrogen and oxygen atoms in total. The molecule has 26 heavy (non-hydrogen) atoms. The minimum Gasteiger partial charge on any atom is -0.318 e. The molecule has 1 amide bonds. The van der Waals surface area contributed by atoms with Crippen molar-refractivity contribution in [2.45, 2.75) is 13.8 Å². The molecule has 2 aromatic carbocycles. The third kappa shape index (κ3) is 3.85. The summed E-state index contributed by atoms with van der Waals surface area (Å²) >= 11 is 0. The maximum atomic E-state index is 13.7. The topological polar surface area (TPSA) is 58.1 Å². The number of rotatable bonds is 5. The molecule has 6 heteroatoms. The molecule has 0 aliphatic rings. The number of para-hydroxylation sites is 1. The van der Waals surface area contributed by atoms with E-state index in [-0.39, 0.29) is 11.4 Å². The van der Waals surface area contributed by atoms with Gasteiger partial charge in [-0.3, -0.25) is 4.79 Å². The monoisotopic (exact) mass is 350 g/mol. The highest BCUT2D eigenvalue weighted by Crippen LogP contribution is 2.23. The van der Waals surface area contributed by atoms with E-state index in [1.807, 2.05) is 43.0 Å². The van der Waals surface area contributed by atoms with Crippen molar-refractivity contribution in [3.63, 3.8) is 0 Å². The Morgan fingerprint density at radius 2 is 1.96 bits per heavy atom. The summed E-state index contributed by atoms with van der Waals surface area (Å²) in [6, 6.07) is 15.5. The second-order valence-electron chi connectivity index (χ2n) is 5.76. The lowest BCUT2D eigenvalue weighted by Crippen LogP contribution is -2.21. The Balaban J connectivity index is 1.87. The molecule has 0 unspecified atom stereocenters. The number of hydrogen-bond acceptors (Lipinski definition) is 4. The first-order valence-corrected chi connectivity index (χ1v) is 8.31. The largest absolute Gasteiger partial charge is 0.318 e. The lowest BCUT2D eigenvalue weighted by molar-refractivity contribution is 0.102. The lowest BCUT2D eigenvalue weighted by atomic mass is 10.2. The average Bonchev–Trinajstić information content (AvgIpc) is 2.64. The first-order valence-electron chi connectivity index (χ1n) is 8.31. The van der Waals surface area contributed by atoms with E-state index >= 15 is 0 Å². The number of hydrogen-bond donors (Lipinski definition) is 1. The summed E-state index contributed by atoms with van der Waals surface area (Å²) in [6.45, 7) is 4.64. The number of carbonyl (C=O) groups excluding carboxylic acids is 1. The van der Waals surface area contributed by atoms with E-state index in [0.29, 0.717) is 12.5 Å². The van der Waals surface area contributed by atoms with Gasteiger partial charge in [0.2, 0.25) is 5.95 Å². The molecule has 0 spiro atoms. The smallest absolute Gasteiger partial charge is 0.274 e. The van der Waals surface area contributed by atoms with Crippen molar-refractivity contribution < 1.29 is 9.18 Å². The molecular formula is C20H19FN4O. The van der Waals surface area contributed by atoms with Gasteiger partial charge in [-0.25, -0.2) is 14.4 Å². The molecule has 1 aromatic heterocycles. The van der Waals surface area contributed by atoms with E-state index in [1.54, 1.807) is 12.1 Å². The molecule has 0 aliphatic heterocycles. The molecule has 1 heterocycles. The number of benzene rings is 2. The zero-order chi connectivity index (χ0) is 18.5. The molecule has 3 aromatic rings. The third-order valence-electron chi connectivity index (χ3n) is 3.87. The Bertz CT molecular complexity index is 929. The highest BCUT2D eigenvalue weighted by molar-refractivity contribution is 6.03. The molecular weight excluding hydrogens is 331 g/mol. The second-order valence-corrected chi connectivity index (χ2v) is 5.76. The van der Waals surface area contributed by atoms with Crippen molar-refractivity contribution in [1.29, 1.82) is 0 Å². The summed E-state index contributed by atoms with van der Waals surface area (Å²) in [5.74, 6) is -0.566. The van der Waals surface area contributed by atoms with E-state index in [4.69, 9.17) is 0 Å². The summed E-state index contributed by atoms with van der Waals surface area (Å²) in [6.07, 6.45) is 1.52. The fourth-order valence-electron chi connectivity index (χ4n) is 2.59. The SMILES string of the molecule is CCN(c1cccc(C)c1)c1nccc(C(=O)Nc2ccccc2F)n1. The van der Waals surface area contributed by atoms with Crippen molar-refractivity contribution in [3.8, 4) is 0 Å². The van der Waals surface area contributed by atoms with Crippen LogP contribution in [0.4, 0.5) is 21.7 Å². The number of aromatic nitrogens is 2. The van der Waals surface area contributed by atoms with Crippen LogP contribution < -0.4 is 10.2 Å². The first-order chi connectivity index (χ1) is 12.6. The molecule has 1 N–H and O–H groups in total. The van der Waals surface area contributed by atoms with Gasteiger partial charge in [-0.1, -0.05) is 24.3 Å². The van der Waals surface area contributed by atoms with Crippen LogP contribution in [0.3, 0.4) is 0 Å². The zero-order valence-corrected chi connectivity index (χ0v) is 14.6. The van der Waals surface area contributed by atoms with Gasteiger partial charge in [0, 0.05) is 18.4 Å². The molecule has 0 saturated heterocycles. The van der Waals surface area contributed by atoms with Crippen molar-refractivity contribution in [2.24, 2.45) is 0 Å². The summed E-state index contributed by atoms with van der Waals surface area (Å²) in [4.78, 5) is 23.0. The zero-order valence-electron chi connectivity index (χ0n) is 14.6. The van der Waals surface area contributed by atoms with Crippen LogP contribution in [0, 0.1) is 12.7 Å². The van der Waals surface area contributed by atoms with Crippen LogP contribution in [0.15, 0.2) is 60.8 Å². The third-order valence-corrected chi connectivity index (χ3v) is 3.87. The van der Waals surface area contributed by atoms with Crippen LogP contribution >= 0.6 is 0 Å². The lowest BCUT2D eigenvalue weighted by Gasteiger charge is -2.21. The van der Waals surface area contributed by atoms with Gasteiger partial charge in [-0.2, -0.15) is 0 Å². The highest BCUT2D eigenvalue weighted by atomic mass is 19.1. The summed E-state index contributed by atoms with van der Waals surface area (Å²) in [5, 5.41) is 2.54. The number of aryl methyl sites for hydroxylation is 1. The maximum Gasteiger partial charge on any atom is 0.274 e. The number of halogens is 1. The van der Waals surface area contributed by atoms with Gasteiger partial charge in [0.15, 0.2) is 0 Å². The van der Waals surface area contributed by atoms with Gasteiger partial charge in [0.1, 0.15) is 11.5 Å². The van der Waals surface area contributed by atoms with Gasteiger partial charge >= 0.3 is 0 Å². The van der Waals surface area contributed by atoms with E-state index in [1.165, 1.54) is 24.4 Å². The predicted molar refractivity (Wildman–Crippen MR) is 100 cm³/mol. The van der Waals surface area contributed by atoms with E-state index in [9.17, 15) is 9.18 Å². The highest BCUT2D eigenvalue weighted by Gasteiger charge is 2.15. The Hall–Kier alpha value is -3.28. The Morgan fingerprint density at radius 1 is 1.15 bits per heavy atom. The van der Waals surface area contributed by atoms with Gasteiger partial charge < -0.3 is 10.2 Å². The molecule has 0 radical (unpaired) electrons. The quantitative estimate of drug-likeness (QED) is 0.744. The van der Waals surface area contributed by atoms with Crippen LogP contribution in [0.5, 0.6) is 0 Å². The normalized spacial score (nSPS) is 10.4. The van der Waals surface area contributed by atoms with Crippen molar-refractivity contribution in [1.82, 2.24) is 9.97 Å². The molecule has 0 aliphatic carbocycles. The van der Waals surface area contributed by atoms with Crippen molar-refractivity contribution >= 4 is 23.2 Å². The number of anilines is 3. The molecule has 0 atom stereocenters. The number of amides is 1. The molecule has 0 fully saturated rings. The van der Waals surface area contributed by atoms with Gasteiger partial charge in [-0.05, 0) is 49.7 Å². The Kier molecular flexibility index (Phi) is 5.22. The summed E-state index contributed by atoms with van der Waals surface area (Å²) in [7, 11) is 0. The molecule has 0 saturated carbocycles. The van der Waals surface area contributed by atoms with Gasteiger partial charge in [0.25, 0.3) is 5.91 Å². The fraction of sp³-hybridized carbons (Fsp3) is 0.150. The van der Waals surface area contributed by atoms with Crippen LogP contribution in [0.2, 0.25) is 0 Å². The number of carbonyl (C=O) groups is 1. The minimum atomic E-state index is -0.495. The number of nitrogens with zero attached hydrogens (tertiary/aromatic N) is 3. The molecule has 132 valence electrons. The average molecular weight is 350 g/mol. The van der Waals surface area contributed by atoms with E-state index in [0.717, 1.165) is 11.3 Å². The van der Waals surface area contributed by atoms with Crippen molar-refractivity contribution in [3.05, 3.63) is 77.9 Å². The number of nitrogens with one attached hydrogen (secondary N) is 1. The Labute approximate surface area is 151 Å². The first kappa shape index (κ1) is 17.5. The Morgan fingerprint density at radius 3 is 2.69 bits per heavy atom. The van der Waals surface area contributed by atoms with E-state index in [2.05, 4.69) is 15.3 Å². The second kappa shape index (κ2) is 7.74. The molecule has 3 rings (SSSR count). The standard InChI is InChI=1S/C20H19FN4O/c1-3-25(15-8-6-7-14(2)13-15)20-22-12-11-18(24-20)19(26)23-17-10-5-4-9-16(17)21/h4-13H,3H2,1-2H3,(H,23,26). The van der Waals surface area contributed by atoms with Gasteiger partial charge in [0.05, 0.1) is 5.69 Å². The van der Waals surface area contributed by atoms with Gasteiger partial charge in [-0.15, -0.1) is 0 Å². The van der Waals surface area contributed by atoms with Crippen LogP contribution in [0.25, 0.3) is 0 Å². The fourth-order valence-corrected chi connectivity index (χ4v) is 2.59. The minimum absolute atomic E-state index is 0.115. The molecule has 0 bridgehead atoms. The summed E-state index contributed by atoms with van der Waals surface area (Å²) in [5.41, 5.74) is 2.35. The van der Waals surface area contributed by atoms with Crippen LogP contribution in [-0.2, 0) is 0 Å². The van der Waals surface area contributed by atoms with Crippen LogP contribution in [0.1, 0.15) is 23.0 Å². The van der Waals surface area contributed by atoms with Crippen LogP contribution in [-0.4, -0.2) is 22.4 Å². The summed E-state index contributed by atoms with van der Waals surface area (Å²) < 4.78 is 13.7. The maximum absolute atomic E-state index is 13.7.